The number of ether oxygens (including phenoxy) is 1. The van der Waals surface area contributed by atoms with Gasteiger partial charge in [0.2, 0.25) is 0 Å². The number of carbonyl (C=O) groups excluding carboxylic acids is 1. The van der Waals surface area contributed by atoms with E-state index in [0.29, 0.717) is 0 Å². The Morgan fingerprint density at radius 1 is 1.60 bits per heavy atom. The van der Waals surface area contributed by atoms with Gasteiger partial charge in [-0.05, 0) is 13.0 Å². The molecule has 15 heavy (non-hydrogen) atoms. The van der Waals surface area contributed by atoms with E-state index < -0.39 is 23.6 Å². The highest BCUT2D eigenvalue weighted by Gasteiger charge is 2.23. The molecule has 0 aliphatic rings. The minimum absolute atomic E-state index is 0.103. The van der Waals surface area contributed by atoms with E-state index in [1.165, 1.54) is 12.1 Å². The molecule has 5 heteroatoms. The van der Waals surface area contributed by atoms with Crippen LogP contribution in [0.1, 0.15) is 18.6 Å². The van der Waals surface area contributed by atoms with Gasteiger partial charge in [0.25, 0.3) is 0 Å². The number of halogens is 1. The van der Waals surface area contributed by atoms with Gasteiger partial charge in [0, 0.05) is 5.56 Å². The largest absolute Gasteiger partial charge is 0.505 e. The first-order valence-electron chi connectivity index (χ1n) is 4.40. The fourth-order valence-corrected chi connectivity index (χ4v) is 1.10. The molecule has 1 unspecified atom stereocenters. The Kier molecular flexibility index (Phi) is 3.62. The van der Waals surface area contributed by atoms with Crippen LogP contribution < -0.4 is 0 Å². The molecule has 0 fully saturated rings. The summed E-state index contributed by atoms with van der Waals surface area (Å²) in [7, 11) is 0. The first-order valence-corrected chi connectivity index (χ1v) is 4.40. The van der Waals surface area contributed by atoms with Crippen LogP contribution in [0.5, 0.6) is 5.75 Å². The second-order valence-corrected chi connectivity index (χ2v) is 2.83. The highest BCUT2D eigenvalue weighted by Crippen LogP contribution is 2.27. The fraction of sp³-hybridized carbons (Fsp3) is 0.300. The van der Waals surface area contributed by atoms with E-state index in [9.17, 15) is 19.4 Å². The third-order valence-corrected chi connectivity index (χ3v) is 1.82. The van der Waals surface area contributed by atoms with E-state index in [2.05, 4.69) is 4.74 Å². The van der Waals surface area contributed by atoms with Gasteiger partial charge in [0.05, 0.1) is 6.61 Å². The zero-order chi connectivity index (χ0) is 11.4. The summed E-state index contributed by atoms with van der Waals surface area (Å²) in [5.74, 6) is -2.55. The van der Waals surface area contributed by atoms with Crippen LogP contribution in [0, 0.1) is 5.82 Å². The summed E-state index contributed by atoms with van der Waals surface area (Å²) in [4.78, 5) is 11.1. The van der Waals surface area contributed by atoms with Crippen LogP contribution in [0.25, 0.3) is 0 Å². The van der Waals surface area contributed by atoms with Crippen molar-refractivity contribution in [3.63, 3.8) is 0 Å². The molecule has 0 aromatic heterocycles. The minimum atomic E-state index is -1.67. The zero-order valence-corrected chi connectivity index (χ0v) is 8.11. The van der Waals surface area contributed by atoms with Gasteiger partial charge < -0.3 is 14.9 Å². The smallest absolute Gasteiger partial charge is 0.339 e. The van der Waals surface area contributed by atoms with Crippen molar-refractivity contribution in [2.24, 2.45) is 0 Å². The maximum atomic E-state index is 12.9. The topological polar surface area (TPSA) is 66.8 Å². The summed E-state index contributed by atoms with van der Waals surface area (Å²) in [6.45, 7) is 1.68. The quantitative estimate of drug-likeness (QED) is 0.740. The van der Waals surface area contributed by atoms with Crippen molar-refractivity contribution in [2.45, 2.75) is 13.0 Å². The molecule has 1 rings (SSSR count). The van der Waals surface area contributed by atoms with Crippen LogP contribution in [-0.2, 0) is 9.53 Å². The lowest BCUT2D eigenvalue weighted by atomic mass is 10.1. The molecule has 82 valence electrons. The number of aliphatic hydroxyl groups excluding tert-OH is 1. The molecule has 0 amide bonds. The molecule has 1 atom stereocenters. The first-order chi connectivity index (χ1) is 7.07. The highest BCUT2D eigenvalue weighted by atomic mass is 19.1. The number of hydrogen-bond acceptors (Lipinski definition) is 4. The maximum absolute atomic E-state index is 12.9. The number of aliphatic hydroxyl groups is 1. The Morgan fingerprint density at radius 3 is 2.87 bits per heavy atom. The van der Waals surface area contributed by atoms with Gasteiger partial charge >= 0.3 is 5.97 Å². The lowest BCUT2D eigenvalue weighted by Gasteiger charge is -2.11. The number of benzene rings is 1. The van der Waals surface area contributed by atoms with E-state index in [1.54, 1.807) is 6.92 Å². The number of rotatable bonds is 3. The molecule has 0 aliphatic carbocycles. The number of para-hydroxylation sites is 1. The van der Waals surface area contributed by atoms with Crippen LogP contribution in [0.2, 0.25) is 0 Å². The molecule has 0 bridgehead atoms. The van der Waals surface area contributed by atoms with Gasteiger partial charge in [-0.15, -0.1) is 0 Å². The average Bonchev–Trinajstić information content (AvgIpc) is 2.21. The van der Waals surface area contributed by atoms with E-state index in [1.807, 2.05) is 0 Å². The van der Waals surface area contributed by atoms with Crippen LogP contribution in [0.4, 0.5) is 4.39 Å². The lowest BCUT2D eigenvalue weighted by molar-refractivity contribution is -0.153. The standard InChI is InChI=1S/C10H11FO4/c1-2-15-10(14)9(13)6-4-3-5-7(11)8(6)12/h3-5,9,12-13H,2H2,1H3. The monoisotopic (exact) mass is 214 g/mol. The van der Waals surface area contributed by atoms with Gasteiger partial charge in [-0.1, -0.05) is 12.1 Å². The number of esters is 1. The van der Waals surface area contributed by atoms with Crippen LogP contribution in [0.3, 0.4) is 0 Å². The van der Waals surface area contributed by atoms with E-state index >= 15 is 0 Å². The Morgan fingerprint density at radius 2 is 2.27 bits per heavy atom. The predicted octanol–water partition coefficient (Wildman–Crippen LogP) is 1.13. The van der Waals surface area contributed by atoms with Gasteiger partial charge in [-0.3, -0.25) is 0 Å². The Balaban J connectivity index is 2.96. The SMILES string of the molecule is CCOC(=O)C(O)c1cccc(F)c1O. The molecule has 0 saturated carbocycles. The van der Waals surface area contributed by atoms with Crippen LogP contribution in [0.15, 0.2) is 18.2 Å². The van der Waals surface area contributed by atoms with Crippen molar-refractivity contribution in [1.82, 2.24) is 0 Å². The normalized spacial score (nSPS) is 12.2. The second-order valence-electron chi connectivity index (χ2n) is 2.83. The van der Waals surface area contributed by atoms with Gasteiger partial charge in [-0.2, -0.15) is 0 Å². The summed E-state index contributed by atoms with van der Waals surface area (Å²) in [6.07, 6.45) is -1.67. The molecule has 0 aliphatic heterocycles. The third kappa shape index (κ3) is 2.44. The van der Waals surface area contributed by atoms with Gasteiger partial charge in [0.15, 0.2) is 17.7 Å². The number of phenols is 1. The predicted molar refractivity (Wildman–Crippen MR) is 49.7 cm³/mol. The van der Waals surface area contributed by atoms with Crippen molar-refractivity contribution < 1.29 is 24.1 Å². The summed E-state index contributed by atoms with van der Waals surface area (Å²) in [6, 6.07) is 3.56. The molecule has 0 saturated heterocycles. The molecular formula is C10H11FO4. The molecule has 0 spiro atoms. The molecule has 2 N–H and O–H groups in total. The number of hydrogen-bond donors (Lipinski definition) is 2. The minimum Gasteiger partial charge on any atom is -0.505 e. The maximum Gasteiger partial charge on any atom is 0.339 e. The summed E-state index contributed by atoms with van der Waals surface area (Å²) in [5.41, 5.74) is -0.201. The fourth-order valence-electron chi connectivity index (χ4n) is 1.10. The summed E-state index contributed by atoms with van der Waals surface area (Å²) in [5, 5.41) is 18.7. The average molecular weight is 214 g/mol. The number of carbonyl (C=O) groups is 1. The molecule has 0 heterocycles. The van der Waals surface area contributed by atoms with Gasteiger partial charge in [0.1, 0.15) is 0 Å². The first kappa shape index (κ1) is 11.5. The summed E-state index contributed by atoms with van der Waals surface area (Å²) >= 11 is 0. The van der Waals surface area contributed by atoms with E-state index in [0.717, 1.165) is 6.07 Å². The van der Waals surface area contributed by atoms with Gasteiger partial charge in [-0.25, -0.2) is 9.18 Å². The zero-order valence-electron chi connectivity index (χ0n) is 8.11. The molecule has 1 aromatic rings. The Hall–Kier alpha value is -1.62. The Labute approximate surface area is 85.9 Å². The number of aromatic hydroxyl groups is 1. The number of phenolic OH excluding ortho intramolecular Hbond substituents is 1. The molecule has 0 radical (unpaired) electrons. The van der Waals surface area contributed by atoms with Crippen molar-refractivity contribution >= 4 is 5.97 Å². The van der Waals surface area contributed by atoms with Crippen molar-refractivity contribution in [1.29, 1.82) is 0 Å². The van der Waals surface area contributed by atoms with E-state index in [4.69, 9.17) is 0 Å². The Bertz CT molecular complexity index is 364. The van der Waals surface area contributed by atoms with Crippen molar-refractivity contribution in [3.8, 4) is 5.75 Å². The molecule has 1 aromatic carbocycles. The summed E-state index contributed by atoms with van der Waals surface area (Å²) < 4.78 is 17.4. The molecular weight excluding hydrogens is 203 g/mol. The van der Waals surface area contributed by atoms with Crippen LogP contribution >= 0.6 is 0 Å². The third-order valence-electron chi connectivity index (χ3n) is 1.82. The second kappa shape index (κ2) is 4.75. The highest BCUT2D eigenvalue weighted by molar-refractivity contribution is 5.77. The van der Waals surface area contributed by atoms with Crippen molar-refractivity contribution in [2.75, 3.05) is 6.61 Å². The van der Waals surface area contributed by atoms with Crippen molar-refractivity contribution in [3.05, 3.63) is 29.6 Å². The van der Waals surface area contributed by atoms with E-state index in [-0.39, 0.29) is 12.2 Å². The van der Waals surface area contributed by atoms with Crippen LogP contribution in [-0.4, -0.2) is 22.8 Å². The molecule has 4 nitrogen and oxygen atoms in total. The lowest BCUT2D eigenvalue weighted by Crippen LogP contribution is -2.15.